The average molecular weight is 318 g/mol. The van der Waals surface area contributed by atoms with E-state index in [4.69, 9.17) is 0 Å². The van der Waals surface area contributed by atoms with Crippen molar-refractivity contribution in [2.75, 3.05) is 0 Å². The summed E-state index contributed by atoms with van der Waals surface area (Å²) < 4.78 is 26.5. The molecule has 2 saturated carbocycles. The Labute approximate surface area is 139 Å². The molecule has 0 nitrogen and oxygen atoms in total. The van der Waals surface area contributed by atoms with Gasteiger partial charge in [0.2, 0.25) is 0 Å². The van der Waals surface area contributed by atoms with E-state index in [0.29, 0.717) is 5.92 Å². The lowest BCUT2D eigenvalue weighted by Crippen LogP contribution is -2.25. The summed E-state index contributed by atoms with van der Waals surface area (Å²) in [5.41, 5.74) is 0.983. The second-order valence-electron chi connectivity index (χ2n) is 7.59. The second-order valence-corrected chi connectivity index (χ2v) is 7.59. The topological polar surface area (TPSA) is 0 Å². The van der Waals surface area contributed by atoms with E-state index < -0.39 is 11.6 Å². The summed E-state index contributed by atoms with van der Waals surface area (Å²) in [6.45, 7) is 3.86. The number of halogens is 2. The maximum absolute atomic E-state index is 13.4. The van der Waals surface area contributed by atoms with Gasteiger partial charge in [-0.05, 0) is 99.2 Å². The SMILES string of the molecule is C=CC[C@H]1CC[C@H](C2CCC(c3ccc(F)c(F)c3)CC2)CC1. The van der Waals surface area contributed by atoms with Crippen molar-refractivity contribution in [3.63, 3.8) is 0 Å². The first-order valence-corrected chi connectivity index (χ1v) is 9.23. The highest BCUT2D eigenvalue weighted by molar-refractivity contribution is 5.22. The Hall–Kier alpha value is -1.18. The number of benzene rings is 1. The third-order valence-electron chi connectivity index (χ3n) is 6.24. The van der Waals surface area contributed by atoms with E-state index in [2.05, 4.69) is 12.7 Å². The van der Waals surface area contributed by atoms with Gasteiger partial charge in [0.1, 0.15) is 0 Å². The molecule has 0 unspecified atom stereocenters. The van der Waals surface area contributed by atoms with Crippen LogP contribution in [-0.2, 0) is 0 Å². The molecule has 3 rings (SSSR count). The summed E-state index contributed by atoms with van der Waals surface area (Å²) in [4.78, 5) is 0. The minimum absolute atomic E-state index is 0.415. The van der Waals surface area contributed by atoms with Crippen LogP contribution in [-0.4, -0.2) is 0 Å². The van der Waals surface area contributed by atoms with Crippen molar-refractivity contribution in [3.8, 4) is 0 Å². The molecule has 1 aromatic rings. The molecule has 0 aromatic heterocycles. The first-order chi connectivity index (χ1) is 11.2. The summed E-state index contributed by atoms with van der Waals surface area (Å²) in [7, 11) is 0. The van der Waals surface area contributed by atoms with E-state index in [9.17, 15) is 8.78 Å². The Bertz CT molecular complexity index is 521. The van der Waals surface area contributed by atoms with Gasteiger partial charge in [-0.3, -0.25) is 0 Å². The average Bonchev–Trinajstić information content (AvgIpc) is 2.59. The molecule has 2 heteroatoms. The van der Waals surface area contributed by atoms with Gasteiger partial charge in [0.15, 0.2) is 11.6 Å². The molecule has 2 fully saturated rings. The summed E-state index contributed by atoms with van der Waals surface area (Å²) in [6.07, 6.45) is 13.5. The molecule has 0 N–H and O–H groups in total. The number of hydrogen-bond acceptors (Lipinski definition) is 0. The molecular weight excluding hydrogens is 290 g/mol. The molecule has 0 heterocycles. The Kier molecular flexibility index (Phi) is 5.50. The summed E-state index contributed by atoms with van der Waals surface area (Å²) >= 11 is 0. The largest absolute Gasteiger partial charge is 0.204 e. The van der Waals surface area contributed by atoms with E-state index in [1.165, 1.54) is 57.1 Å². The zero-order valence-corrected chi connectivity index (χ0v) is 13.9. The second kappa shape index (κ2) is 7.59. The maximum Gasteiger partial charge on any atom is 0.159 e. The lowest BCUT2D eigenvalue weighted by atomic mass is 9.68. The quantitative estimate of drug-likeness (QED) is 0.547. The number of allylic oxidation sites excluding steroid dienone is 1. The minimum atomic E-state index is -0.737. The normalized spacial score (nSPS) is 31.7. The molecule has 126 valence electrons. The van der Waals surface area contributed by atoms with Gasteiger partial charge in [0.05, 0.1) is 0 Å². The fourth-order valence-corrected chi connectivity index (χ4v) is 4.82. The smallest absolute Gasteiger partial charge is 0.159 e. The van der Waals surface area contributed by atoms with Crippen molar-refractivity contribution in [2.45, 2.75) is 63.7 Å². The Balaban J connectivity index is 1.50. The highest BCUT2D eigenvalue weighted by atomic mass is 19.2. The van der Waals surface area contributed by atoms with Crippen molar-refractivity contribution in [3.05, 3.63) is 48.1 Å². The van der Waals surface area contributed by atoms with Crippen molar-refractivity contribution in [1.29, 1.82) is 0 Å². The van der Waals surface area contributed by atoms with Gasteiger partial charge in [-0.2, -0.15) is 0 Å². The van der Waals surface area contributed by atoms with Crippen molar-refractivity contribution >= 4 is 0 Å². The molecule has 2 aliphatic carbocycles. The molecule has 0 spiro atoms. The summed E-state index contributed by atoms with van der Waals surface area (Å²) in [6, 6.07) is 4.45. The molecule has 0 saturated heterocycles. The Morgan fingerprint density at radius 2 is 1.48 bits per heavy atom. The van der Waals surface area contributed by atoms with Crippen molar-refractivity contribution in [1.82, 2.24) is 0 Å². The minimum Gasteiger partial charge on any atom is -0.204 e. The lowest BCUT2D eigenvalue weighted by molar-refractivity contribution is 0.160. The predicted molar refractivity (Wildman–Crippen MR) is 91.3 cm³/mol. The molecule has 1 aromatic carbocycles. The van der Waals surface area contributed by atoms with Crippen LogP contribution in [0.15, 0.2) is 30.9 Å². The van der Waals surface area contributed by atoms with Gasteiger partial charge >= 0.3 is 0 Å². The zero-order chi connectivity index (χ0) is 16.2. The van der Waals surface area contributed by atoms with Crippen LogP contribution in [0.2, 0.25) is 0 Å². The molecular formula is C21H28F2. The first-order valence-electron chi connectivity index (χ1n) is 9.23. The van der Waals surface area contributed by atoms with Crippen LogP contribution in [0.5, 0.6) is 0 Å². The van der Waals surface area contributed by atoms with Gasteiger partial charge in [-0.25, -0.2) is 8.78 Å². The lowest BCUT2D eigenvalue weighted by Gasteiger charge is -2.38. The van der Waals surface area contributed by atoms with Gasteiger partial charge < -0.3 is 0 Å². The van der Waals surface area contributed by atoms with Crippen molar-refractivity contribution in [2.24, 2.45) is 17.8 Å². The summed E-state index contributed by atoms with van der Waals surface area (Å²) in [5.74, 6) is 1.58. The third-order valence-corrected chi connectivity index (χ3v) is 6.24. The van der Waals surface area contributed by atoms with E-state index in [1.807, 2.05) is 0 Å². The van der Waals surface area contributed by atoms with Gasteiger partial charge in [-0.1, -0.05) is 12.1 Å². The van der Waals surface area contributed by atoms with Crippen LogP contribution in [0.25, 0.3) is 0 Å². The molecule has 0 radical (unpaired) electrons. The van der Waals surface area contributed by atoms with E-state index in [1.54, 1.807) is 6.07 Å². The zero-order valence-electron chi connectivity index (χ0n) is 13.9. The highest BCUT2D eigenvalue weighted by Gasteiger charge is 2.31. The molecule has 0 amide bonds. The monoisotopic (exact) mass is 318 g/mol. The van der Waals surface area contributed by atoms with Gasteiger partial charge in [-0.15, -0.1) is 6.58 Å². The van der Waals surface area contributed by atoms with Crippen LogP contribution in [0.3, 0.4) is 0 Å². The standard InChI is InChI=1S/C21H28F2/c1-2-3-15-4-6-16(7-5-15)17-8-10-18(11-9-17)19-12-13-20(22)21(23)14-19/h2,12-18H,1,3-11H2/t15-,16-,17?,18?. The van der Waals surface area contributed by atoms with Crippen LogP contribution >= 0.6 is 0 Å². The van der Waals surface area contributed by atoms with Gasteiger partial charge in [0.25, 0.3) is 0 Å². The highest BCUT2D eigenvalue weighted by Crippen LogP contribution is 2.44. The Morgan fingerprint density at radius 3 is 2.04 bits per heavy atom. The molecule has 0 atom stereocenters. The third kappa shape index (κ3) is 4.02. The fourth-order valence-electron chi connectivity index (χ4n) is 4.82. The predicted octanol–water partition coefficient (Wildman–Crippen LogP) is 6.62. The number of hydrogen-bond donors (Lipinski definition) is 0. The van der Waals surface area contributed by atoms with Crippen LogP contribution in [0.1, 0.15) is 69.3 Å². The van der Waals surface area contributed by atoms with Crippen molar-refractivity contribution < 1.29 is 8.78 Å². The maximum atomic E-state index is 13.4. The van der Waals surface area contributed by atoms with Crippen LogP contribution < -0.4 is 0 Å². The molecule has 0 bridgehead atoms. The molecule has 2 aliphatic rings. The van der Waals surface area contributed by atoms with Crippen LogP contribution in [0.4, 0.5) is 8.78 Å². The van der Waals surface area contributed by atoms with E-state index >= 15 is 0 Å². The van der Waals surface area contributed by atoms with Gasteiger partial charge in [0, 0.05) is 0 Å². The van der Waals surface area contributed by atoms with E-state index in [0.717, 1.165) is 36.2 Å². The summed E-state index contributed by atoms with van der Waals surface area (Å²) in [5, 5.41) is 0. The van der Waals surface area contributed by atoms with Crippen LogP contribution in [0, 0.1) is 29.4 Å². The van der Waals surface area contributed by atoms with E-state index in [-0.39, 0.29) is 0 Å². The molecule has 23 heavy (non-hydrogen) atoms. The first kappa shape index (κ1) is 16.7. The Morgan fingerprint density at radius 1 is 0.870 bits per heavy atom. The number of rotatable bonds is 4. The fraction of sp³-hybridized carbons (Fsp3) is 0.619. The molecule has 0 aliphatic heterocycles.